The molecule has 1 heterocycles. The molecule has 0 bridgehead atoms. The maximum absolute atomic E-state index is 12.8. The Kier molecular flexibility index (Phi) is 5.67. The summed E-state index contributed by atoms with van der Waals surface area (Å²) in [5.74, 6) is -0.780. The molecule has 8 heteroatoms. The van der Waals surface area contributed by atoms with Crippen LogP contribution in [0.3, 0.4) is 0 Å². The monoisotopic (exact) mass is 464 g/mol. The van der Waals surface area contributed by atoms with E-state index in [1.165, 1.54) is 7.11 Å². The lowest BCUT2D eigenvalue weighted by Crippen LogP contribution is -2.24. The Morgan fingerprint density at radius 3 is 2.53 bits per heavy atom. The second-order valence-electron chi connectivity index (χ2n) is 8.22. The lowest BCUT2D eigenvalue weighted by molar-refractivity contribution is -0.142. The van der Waals surface area contributed by atoms with Crippen molar-refractivity contribution in [3.8, 4) is 28.7 Å². The number of fused-ring (bicyclic) bond motifs is 2. The van der Waals surface area contributed by atoms with Gasteiger partial charge in [0.2, 0.25) is 6.79 Å². The van der Waals surface area contributed by atoms with Crippen molar-refractivity contribution in [3.05, 3.63) is 76.9 Å². The Morgan fingerprint density at radius 2 is 1.76 bits per heavy atom. The fourth-order valence-corrected chi connectivity index (χ4v) is 5.01. The number of aliphatic hydroxyl groups excluding tert-OH is 1. The molecule has 3 N–H and O–H groups in total. The lowest BCUT2D eigenvalue weighted by atomic mass is 9.79. The molecule has 0 aromatic heterocycles. The van der Waals surface area contributed by atoms with Crippen molar-refractivity contribution in [2.75, 3.05) is 27.1 Å². The highest BCUT2D eigenvalue weighted by Gasteiger charge is 2.48. The minimum atomic E-state index is -0.979. The van der Waals surface area contributed by atoms with Gasteiger partial charge in [-0.15, -0.1) is 0 Å². The first kappa shape index (κ1) is 21.9. The average Bonchev–Trinajstić information content (AvgIpc) is 3.44. The Morgan fingerprint density at radius 1 is 0.971 bits per heavy atom. The van der Waals surface area contributed by atoms with E-state index in [1.54, 1.807) is 42.5 Å². The molecule has 176 valence electrons. The zero-order valence-electron chi connectivity index (χ0n) is 18.4. The van der Waals surface area contributed by atoms with E-state index in [1.807, 2.05) is 12.1 Å². The van der Waals surface area contributed by atoms with Crippen molar-refractivity contribution in [2.45, 2.75) is 11.8 Å². The number of aromatic hydroxyl groups is 1. The van der Waals surface area contributed by atoms with Crippen LogP contribution in [0.15, 0.2) is 54.6 Å². The van der Waals surface area contributed by atoms with Crippen molar-refractivity contribution in [3.63, 3.8) is 0 Å². The highest BCUT2D eigenvalue weighted by Crippen LogP contribution is 2.55. The smallest absolute Gasteiger partial charge is 0.308 e. The third-order valence-corrected chi connectivity index (χ3v) is 6.40. The van der Waals surface area contributed by atoms with Crippen LogP contribution in [0.5, 0.6) is 28.7 Å². The molecule has 0 fully saturated rings. The number of hydrogen-bond acceptors (Lipinski definition) is 7. The van der Waals surface area contributed by atoms with E-state index in [2.05, 4.69) is 0 Å². The summed E-state index contributed by atoms with van der Waals surface area (Å²) in [5, 5.41) is 30.1. The largest absolute Gasteiger partial charge is 0.508 e. The summed E-state index contributed by atoms with van der Waals surface area (Å²) in [7, 11) is 1.53. The second kappa shape index (κ2) is 8.79. The summed E-state index contributed by atoms with van der Waals surface area (Å²) in [6.07, 6.45) is 0. The van der Waals surface area contributed by atoms with Crippen LogP contribution in [-0.4, -0.2) is 48.4 Å². The van der Waals surface area contributed by atoms with Gasteiger partial charge in [-0.2, -0.15) is 0 Å². The van der Waals surface area contributed by atoms with Gasteiger partial charge >= 0.3 is 5.97 Å². The van der Waals surface area contributed by atoms with E-state index in [0.29, 0.717) is 34.1 Å². The van der Waals surface area contributed by atoms with Gasteiger partial charge in [-0.25, -0.2) is 0 Å². The third-order valence-electron chi connectivity index (χ3n) is 6.40. The molecule has 3 atom stereocenters. The fraction of sp³-hybridized carbons (Fsp3) is 0.269. The van der Waals surface area contributed by atoms with Gasteiger partial charge in [0.05, 0.1) is 19.6 Å². The van der Waals surface area contributed by atoms with Gasteiger partial charge in [-0.05, 0) is 47.0 Å². The van der Waals surface area contributed by atoms with Gasteiger partial charge in [0, 0.05) is 23.5 Å². The predicted octanol–water partition coefficient (Wildman–Crippen LogP) is 3.48. The van der Waals surface area contributed by atoms with Crippen LogP contribution >= 0.6 is 0 Å². The molecule has 0 radical (unpaired) electrons. The van der Waals surface area contributed by atoms with Crippen LogP contribution in [0.1, 0.15) is 34.1 Å². The molecule has 0 saturated carbocycles. The summed E-state index contributed by atoms with van der Waals surface area (Å²) in [6.45, 7) is -0.0275. The van der Waals surface area contributed by atoms with Gasteiger partial charge in [0.15, 0.2) is 11.5 Å². The van der Waals surface area contributed by atoms with E-state index in [0.717, 1.165) is 11.1 Å². The first-order valence-corrected chi connectivity index (χ1v) is 10.9. The average molecular weight is 464 g/mol. The summed E-state index contributed by atoms with van der Waals surface area (Å²) < 4.78 is 22.1. The Hall–Kier alpha value is -3.91. The Bertz CT molecular complexity index is 1240. The lowest BCUT2D eigenvalue weighted by Gasteiger charge is -2.24. The standard InChI is InChI=1S/C26H24O8/c1-31-16-4-6-18(21(12-16)32-9-8-27)24-19-11-15(28)3-5-17(19)23(25(24)26(29)30)14-2-7-20-22(10-14)34-13-33-20/h2-7,10-12,23-25,27-28H,8-9,13H2,1H3,(H,29,30)/t23-,24+,25?/m0/s1. The molecule has 1 aliphatic heterocycles. The number of methoxy groups -OCH3 is 1. The third kappa shape index (κ3) is 3.66. The molecule has 0 amide bonds. The molecule has 0 saturated heterocycles. The van der Waals surface area contributed by atoms with E-state index in [9.17, 15) is 20.1 Å². The molecule has 2 aliphatic rings. The maximum atomic E-state index is 12.8. The number of aliphatic hydroxyl groups is 1. The van der Waals surface area contributed by atoms with Crippen LogP contribution in [0.4, 0.5) is 0 Å². The first-order chi connectivity index (χ1) is 16.5. The molecular weight excluding hydrogens is 440 g/mol. The van der Waals surface area contributed by atoms with Crippen molar-refractivity contribution >= 4 is 5.97 Å². The van der Waals surface area contributed by atoms with Crippen LogP contribution in [0.2, 0.25) is 0 Å². The number of phenols is 1. The minimum absolute atomic E-state index is 0.0448. The van der Waals surface area contributed by atoms with E-state index < -0.39 is 23.7 Å². The SMILES string of the molecule is COc1ccc([C@@H]2c3cc(O)ccc3[C@H](c3ccc4c(c3)OCO4)C2C(=O)O)c(OCCO)c1. The van der Waals surface area contributed by atoms with Crippen molar-refractivity contribution in [1.82, 2.24) is 0 Å². The summed E-state index contributed by atoms with van der Waals surface area (Å²) in [5.41, 5.74) is 2.92. The highest BCUT2D eigenvalue weighted by atomic mass is 16.7. The van der Waals surface area contributed by atoms with Gasteiger partial charge in [-0.1, -0.05) is 18.2 Å². The quantitative estimate of drug-likeness (QED) is 0.487. The van der Waals surface area contributed by atoms with Gasteiger partial charge in [-0.3, -0.25) is 4.79 Å². The topological polar surface area (TPSA) is 115 Å². The maximum Gasteiger partial charge on any atom is 0.308 e. The van der Waals surface area contributed by atoms with E-state index in [4.69, 9.17) is 18.9 Å². The molecule has 1 aliphatic carbocycles. The minimum Gasteiger partial charge on any atom is -0.508 e. The first-order valence-electron chi connectivity index (χ1n) is 10.9. The van der Waals surface area contributed by atoms with Crippen molar-refractivity contribution < 1.29 is 39.1 Å². The van der Waals surface area contributed by atoms with E-state index >= 15 is 0 Å². The molecule has 8 nitrogen and oxygen atoms in total. The predicted molar refractivity (Wildman–Crippen MR) is 121 cm³/mol. The van der Waals surface area contributed by atoms with E-state index in [-0.39, 0.29) is 25.8 Å². The zero-order chi connectivity index (χ0) is 23.8. The number of benzene rings is 3. The molecule has 5 rings (SSSR count). The van der Waals surface area contributed by atoms with Crippen LogP contribution in [-0.2, 0) is 4.79 Å². The number of aliphatic carboxylic acids is 1. The molecule has 34 heavy (non-hydrogen) atoms. The molecular formula is C26H24O8. The summed E-state index contributed by atoms with van der Waals surface area (Å²) >= 11 is 0. The van der Waals surface area contributed by atoms with Crippen LogP contribution < -0.4 is 18.9 Å². The van der Waals surface area contributed by atoms with Gasteiger partial charge < -0.3 is 34.3 Å². The number of carboxylic acid groups (broad SMARTS) is 1. The number of hydrogen-bond donors (Lipinski definition) is 3. The Balaban J connectivity index is 1.69. The van der Waals surface area contributed by atoms with Crippen molar-refractivity contribution in [2.24, 2.45) is 5.92 Å². The number of phenolic OH excluding ortho intramolecular Hbond substituents is 1. The number of rotatable bonds is 7. The normalized spacial score (nSPS) is 20.1. The highest BCUT2D eigenvalue weighted by molar-refractivity contribution is 5.78. The van der Waals surface area contributed by atoms with Gasteiger partial charge in [0.1, 0.15) is 23.9 Å². The molecule has 3 aromatic rings. The summed E-state index contributed by atoms with van der Waals surface area (Å²) in [4.78, 5) is 12.8. The summed E-state index contributed by atoms with van der Waals surface area (Å²) in [6, 6.07) is 15.6. The number of carboxylic acids is 1. The number of carbonyl (C=O) groups is 1. The van der Waals surface area contributed by atoms with Crippen molar-refractivity contribution in [1.29, 1.82) is 0 Å². The fourth-order valence-electron chi connectivity index (χ4n) is 5.01. The molecule has 3 aromatic carbocycles. The van der Waals surface area contributed by atoms with Crippen LogP contribution in [0.25, 0.3) is 0 Å². The number of ether oxygens (including phenoxy) is 4. The zero-order valence-corrected chi connectivity index (χ0v) is 18.4. The second-order valence-corrected chi connectivity index (χ2v) is 8.22. The van der Waals surface area contributed by atoms with Gasteiger partial charge in [0.25, 0.3) is 0 Å². The molecule has 0 spiro atoms. The van der Waals surface area contributed by atoms with Crippen LogP contribution in [0, 0.1) is 5.92 Å². The Labute approximate surface area is 195 Å². The molecule has 1 unspecified atom stereocenters.